The van der Waals surface area contributed by atoms with Crippen LogP contribution in [0.2, 0.25) is 0 Å². The highest BCUT2D eigenvalue weighted by Gasteiger charge is 2.34. The summed E-state index contributed by atoms with van der Waals surface area (Å²) >= 11 is 0. The predicted octanol–water partition coefficient (Wildman–Crippen LogP) is 6.12. The molecule has 3 heterocycles. The Morgan fingerprint density at radius 3 is 2.37 bits per heavy atom. The fourth-order valence-corrected chi connectivity index (χ4v) is 4.93. The molecule has 0 unspecified atom stereocenters. The van der Waals surface area contributed by atoms with Crippen molar-refractivity contribution in [1.82, 2.24) is 9.96 Å². The van der Waals surface area contributed by atoms with Gasteiger partial charge in [-0.15, -0.1) is 10.2 Å². The Morgan fingerprint density at radius 1 is 0.971 bits per heavy atom. The summed E-state index contributed by atoms with van der Waals surface area (Å²) in [6.45, 7) is 5.68. The van der Waals surface area contributed by atoms with Crippen LogP contribution in [0.1, 0.15) is 50.4 Å². The number of nitrogens with zero attached hydrogens (tertiary/aromatic N) is 6. The number of likely N-dealkylation sites (tertiary alicyclic amines) is 1. The molecule has 0 bridgehead atoms. The number of rotatable bonds is 5. The molecule has 5 rings (SSSR count). The molecule has 0 saturated carbocycles. The SMILES string of the molecule is CON1C=C(C(=O)N2CCCCC2)C(c2ccc(-c3ccccc3)c(C3N=NN=N3)c2)=CC1(C)C. The minimum atomic E-state index is -0.511. The number of hydrogen-bond acceptors (Lipinski definition) is 7. The van der Waals surface area contributed by atoms with Gasteiger partial charge in [0.05, 0.1) is 18.2 Å². The zero-order chi connectivity index (χ0) is 24.4. The van der Waals surface area contributed by atoms with Crippen molar-refractivity contribution in [3.63, 3.8) is 0 Å². The van der Waals surface area contributed by atoms with Crippen molar-refractivity contribution in [2.24, 2.45) is 20.7 Å². The molecule has 0 atom stereocenters. The molecule has 0 N–H and O–H groups in total. The van der Waals surface area contributed by atoms with E-state index in [4.69, 9.17) is 4.84 Å². The molecule has 0 aliphatic carbocycles. The third-order valence-electron chi connectivity index (χ3n) is 6.76. The molecule has 35 heavy (non-hydrogen) atoms. The molecule has 1 fully saturated rings. The Balaban J connectivity index is 1.61. The van der Waals surface area contributed by atoms with Gasteiger partial charge in [-0.25, -0.2) is 0 Å². The van der Waals surface area contributed by atoms with Crippen LogP contribution in [-0.4, -0.2) is 41.6 Å². The van der Waals surface area contributed by atoms with Gasteiger partial charge < -0.3 is 4.90 Å². The summed E-state index contributed by atoms with van der Waals surface area (Å²) in [6.07, 6.45) is 6.66. The normalized spacial score (nSPS) is 19.6. The number of carbonyl (C=O) groups excluding carboxylic acids is 1. The molecule has 2 aromatic rings. The van der Waals surface area contributed by atoms with Gasteiger partial charge >= 0.3 is 0 Å². The van der Waals surface area contributed by atoms with E-state index in [-0.39, 0.29) is 5.91 Å². The molecule has 1 saturated heterocycles. The Bertz CT molecular complexity index is 1210. The first-order chi connectivity index (χ1) is 17.0. The maximum absolute atomic E-state index is 13.7. The van der Waals surface area contributed by atoms with Crippen molar-refractivity contribution >= 4 is 11.5 Å². The van der Waals surface area contributed by atoms with E-state index in [9.17, 15) is 4.79 Å². The standard InChI is InChI=1S/C27H30N6O2/c1-27(2)17-23(24(18-33(27)35-3)26(34)32-14-8-5-9-15-32)20-12-13-21(19-10-6-4-7-11-19)22(16-20)25-28-30-31-29-25/h4,6-7,10-13,16-18,25H,5,8-9,14-15H2,1-3H3. The van der Waals surface area contributed by atoms with E-state index >= 15 is 0 Å². The monoisotopic (exact) mass is 470 g/mol. The molecule has 0 aromatic heterocycles. The van der Waals surface area contributed by atoms with Gasteiger partial charge in [-0.05, 0) is 78.0 Å². The largest absolute Gasteiger partial charge is 0.339 e. The fraction of sp³-hybridized carbons (Fsp3) is 0.370. The van der Waals surface area contributed by atoms with Crippen LogP contribution in [0.5, 0.6) is 0 Å². The first-order valence-electron chi connectivity index (χ1n) is 12.1. The van der Waals surface area contributed by atoms with E-state index in [0.717, 1.165) is 60.2 Å². The molecule has 3 aliphatic heterocycles. The molecule has 8 nitrogen and oxygen atoms in total. The molecule has 0 radical (unpaired) electrons. The van der Waals surface area contributed by atoms with Gasteiger partial charge in [-0.1, -0.05) is 42.5 Å². The summed E-state index contributed by atoms with van der Waals surface area (Å²) in [5.74, 6) is 0.0300. The number of benzene rings is 2. The van der Waals surface area contributed by atoms with Gasteiger partial charge in [-0.2, -0.15) is 0 Å². The molecule has 1 amide bonds. The van der Waals surface area contributed by atoms with Crippen LogP contribution in [0.25, 0.3) is 16.7 Å². The average molecular weight is 471 g/mol. The molecule has 3 aliphatic rings. The Hall–Kier alpha value is -3.65. The van der Waals surface area contributed by atoms with Crippen molar-refractivity contribution < 1.29 is 9.63 Å². The van der Waals surface area contributed by atoms with Crippen LogP contribution in [0, 0.1) is 0 Å². The lowest BCUT2D eigenvalue weighted by Crippen LogP contribution is -2.43. The lowest BCUT2D eigenvalue weighted by Gasteiger charge is -2.39. The predicted molar refractivity (Wildman–Crippen MR) is 134 cm³/mol. The summed E-state index contributed by atoms with van der Waals surface area (Å²) in [7, 11) is 1.63. The van der Waals surface area contributed by atoms with E-state index in [1.165, 1.54) is 0 Å². The second-order valence-electron chi connectivity index (χ2n) is 9.57. The van der Waals surface area contributed by atoms with Crippen LogP contribution in [0.4, 0.5) is 0 Å². The van der Waals surface area contributed by atoms with Crippen molar-refractivity contribution in [2.75, 3.05) is 20.2 Å². The third kappa shape index (κ3) is 4.53. The summed E-state index contributed by atoms with van der Waals surface area (Å²) in [5, 5.41) is 17.7. The van der Waals surface area contributed by atoms with Crippen LogP contribution in [-0.2, 0) is 9.63 Å². The summed E-state index contributed by atoms with van der Waals surface area (Å²) in [6, 6.07) is 16.3. The Kier molecular flexibility index (Phi) is 6.30. The molecule has 8 heteroatoms. The molecular formula is C27H30N6O2. The summed E-state index contributed by atoms with van der Waals surface area (Å²) < 4.78 is 0. The van der Waals surface area contributed by atoms with Gasteiger partial charge in [0.25, 0.3) is 5.91 Å². The van der Waals surface area contributed by atoms with Crippen molar-refractivity contribution in [3.8, 4) is 11.1 Å². The maximum atomic E-state index is 13.7. The van der Waals surface area contributed by atoms with Gasteiger partial charge in [-0.3, -0.25) is 14.7 Å². The van der Waals surface area contributed by atoms with Crippen LogP contribution < -0.4 is 0 Å². The van der Waals surface area contributed by atoms with Gasteiger partial charge in [0.15, 0.2) is 0 Å². The van der Waals surface area contributed by atoms with E-state index in [2.05, 4.69) is 70.9 Å². The molecule has 180 valence electrons. The first-order valence-corrected chi connectivity index (χ1v) is 12.1. The smallest absolute Gasteiger partial charge is 0.256 e. The van der Waals surface area contributed by atoms with Crippen LogP contribution >= 0.6 is 0 Å². The zero-order valence-electron chi connectivity index (χ0n) is 20.4. The van der Waals surface area contributed by atoms with E-state index in [1.807, 2.05) is 29.3 Å². The number of carbonyl (C=O) groups is 1. The first kappa shape index (κ1) is 23.1. The Labute approximate surface area is 205 Å². The highest BCUT2D eigenvalue weighted by atomic mass is 16.7. The second kappa shape index (κ2) is 9.54. The highest BCUT2D eigenvalue weighted by molar-refractivity contribution is 6.09. The quantitative estimate of drug-likeness (QED) is 0.528. The number of hydroxylamine groups is 2. The Morgan fingerprint density at radius 2 is 1.69 bits per heavy atom. The van der Waals surface area contributed by atoms with E-state index < -0.39 is 11.7 Å². The average Bonchev–Trinajstić information content (AvgIpc) is 3.43. The zero-order valence-corrected chi connectivity index (χ0v) is 20.4. The minimum Gasteiger partial charge on any atom is -0.339 e. The molecule has 2 aromatic carbocycles. The lowest BCUT2D eigenvalue weighted by atomic mass is 9.85. The molecule has 0 spiro atoms. The van der Waals surface area contributed by atoms with Crippen LogP contribution in [0.3, 0.4) is 0 Å². The number of hydrogen-bond donors (Lipinski definition) is 0. The highest BCUT2D eigenvalue weighted by Crippen LogP contribution is 2.40. The van der Waals surface area contributed by atoms with Crippen molar-refractivity contribution in [1.29, 1.82) is 0 Å². The summed E-state index contributed by atoms with van der Waals surface area (Å²) in [4.78, 5) is 21.3. The van der Waals surface area contributed by atoms with Crippen molar-refractivity contribution in [3.05, 3.63) is 77.5 Å². The third-order valence-corrected chi connectivity index (χ3v) is 6.76. The number of amides is 1. The van der Waals surface area contributed by atoms with Gasteiger partial charge in [0, 0.05) is 24.9 Å². The van der Waals surface area contributed by atoms with Gasteiger partial charge in [0.2, 0.25) is 6.17 Å². The molecular weight excluding hydrogens is 440 g/mol. The van der Waals surface area contributed by atoms with Gasteiger partial charge in [0.1, 0.15) is 0 Å². The van der Waals surface area contributed by atoms with Crippen molar-refractivity contribution in [2.45, 2.75) is 44.8 Å². The second-order valence-corrected chi connectivity index (χ2v) is 9.57. The van der Waals surface area contributed by atoms with Crippen LogP contribution in [0.15, 0.2) is 87.1 Å². The van der Waals surface area contributed by atoms with E-state index in [1.54, 1.807) is 12.2 Å². The topological polar surface area (TPSA) is 82.2 Å². The minimum absolute atomic E-state index is 0.0300. The number of piperidine rings is 1. The lowest BCUT2D eigenvalue weighted by molar-refractivity contribution is -0.140. The maximum Gasteiger partial charge on any atom is 0.256 e. The summed E-state index contributed by atoms with van der Waals surface area (Å²) in [5.41, 5.74) is 4.97. The fourth-order valence-electron chi connectivity index (χ4n) is 4.93. The van der Waals surface area contributed by atoms with E-state index in [0.29, 0.717) is 5.57 Å².